The molecule has 1 aliphatic carbocycles. The molecule has 0 radical (unpaired) electrons. The van der Waals surface area contributed by atoms with E-state index in [2.05, 4.69) is 41.5 Å². The number of halogens is 1. The van der Waals surface area contributed by atoms with Gasteiger partial charge in [0.25, 0.3) is 0 Å². The van der Waals surface area contributed by atoms with Gasteiger partial charge in [0.1, 0.15) is 0 Å². The van der Waals surface area contributed by atoms with Gasteiger partial charge in [-0.3, -0.25) is 4.90 Å². The second kappa shape index (κ2) is 3.12. The van der Waals surface area contributed by atoms with Crippen molar-refractivity contribution in [2.24, 2.45) is 11.8 Å². The Morgan fingerprint density at radius 1 is 1.42 bits per heavy atom. The van der Waals surface area contributed by atoms with Crippen molar-refractivity contribution in [1.29, 1.82) is 0 Å². The third-order valence-electron chi connectivity index (χ3n) is 3.74. The van der Waals surface area contributed by atoms with Crippen molar-refractivity contribution >= 4 is 22.6 Å². The third kappa shape index (κ3) is 1.22. The lowest BCUT2D eigenvalue weighted by Crippen LogP contribution is -2.41. The highest BCUT2D eigenvalue weighted by Crippen LogP contribution is 2.51. The van der Waals surface area contributed by atoms with E-state index in [1.54, 1.807) is 0 Å². The van der Waals surface area contributed by atoms with Crippen LogP contribution in [0.15, 0.2) is 0 Å². The average Bonchev–Trinajstić information content (AvgIpc) is 2.25. The summed E-state index contributed by atoms with van der Waals surface area (Å²) in [5, 5.41) is 0. The quantitative estimate of drug-likeness (QED) is 0.374. The first-order valence-electron chi connectivity index (χ1n) is 5.05. The molecule has 3 unspecified atom stereocenters. The van der Waals surface area contributed by atoms with Gasteiger partial charge in [-0.05, 0) is 31.7 Å². The Hall–Kier alpha value is 0.690. The van der Waals surface area contributed by atoms with Gasteiger partial charge in [-0.25, -0.2) is 0 Å². The molecule has 1 saturated carbocycles. The molecule has 1 aliphatic heterocycles. The summed E-state index contributed by atoms with van der Waals surface area (Å²) in [7, 11) is 2.30. The Bertz CT molecular complexity index is 183. The smallest absolute Gasteiger partial charge is 0.0759 e. The zero-order chi connectivity index (χ0) is 8.77. The van der Waals surface area contributed by atoms with Crippen LogP contribution in [0, 0.1) is 11.8 Å². The fourth-order valence-electron chi connectivity index (χ4n) is 3.05. The normalized spacial score (nSPS) is 49.2. The highest BCUT2D eigenvalue weighted by Gasteiger charge is 2.49. The molecule has 2 aliphatic rings. The van der Waals surface area contributed by atoms with E-state index in [-0.39, 0.29) is 0 Å². The highest BCUT2D eigenvalue weighted by molar-refractivity contribution is 14.1. The van der Waals surface area contributed by atoms with E-state index in [0.717, 1.165) is 11.8 Å². The van der Waals surface area contributed by atoms with Crippen LogP contribution in [0.5, 0.6) is 0 Å². The van der Waals surface area contributed by atoms with Crippen molar-refractivity contribution < 1.29 is 0 Å². The molecule has 2 fully saturated rings. The summed E-state index contributed by atoms with van der Waals surface area (Å²) in [6.45, 7) is 3.74. The van der Waals surface area contributed by atoms with E-state index in [1.807, 2.05) is 0 Å². The Morgan fingerprint density at radius 3 is 2.83 bits per heavy atom. The monoisotopic (exact) mass is 279 g/mol. The van der Waals surface area contributed by atoms with Crippen LogP contribution in [0.2, 0.25) is 0 Å². The molecule has 1 heterocycles. The molecule has 12 heavy (non-hydrogen) atoms. The minimum absolute atomic E-state index is 0.523. The summed E-state index contributed by atoms with van der Waals surface area (Å²) in [6.07, 6.45) is 5.79. The van der Waals surface area contributed by atoms with Crippen molar-refractivity contribution in [3.63, 3.8) is 0 Å². The number of rotatable bonds is 0. The van der Waals surface area contributed by atoms with Crippen molar-refractivity contribution in [2.45, 2.75) is 36.2 Å². The summed E-state index contributed by atoms with van der Waals surface area (Å²) < 4.78 is 0.523. The molecule has 0 N–H and O–H groups in total. The number of nitrogens with zero attached hydrogens (tertiary/aromatic N) is 1. The molecule has 2 heteroatoms. The Balaban J connectivity index is 2.21. The first-order chi connectivity index (χ1) is 5.64. The molecule has 0 aromatic heterocycles. The lowest BCUT2D eigenvalue weighted by Gasteiger charge is -2.39. The van der Waals surface area contributed by atoms with Gasteiger partial charge in [0.05, 0.1) is 3.55 Å². The van der Waals surface area contributed by atoms with Crippen LogP contribution >= 0.6 is 22.6 Å². The van der Waals surface area contributed by atoms with E-state index in [1.165, 1.54) is 32.2 Å². The second-order valence-corrected chi connectivity index (χ2v) is 6.40. The standard InChI is InChI=1S/C10H18IN/c1-8-7-12(2)10(11)6-4-3-5-9(8)10/h8-9H,3-7H2,1-2H3. The maximum atomic E-state index is 2.71. The number of fused-ring (bicyclic) bond motifs is 1. The maximum Gasteiger partial charge on any atom is 0.0759 e. The predicted molar refractivity (Wildman–Crippen MR) is 60.5 cm³/mol. The molecular formula is C10H18IN. The van der Waals surface area contributed by atoms with Gasteiger partial charge in [0, 0.05) is 6.54 Å². The van der Waals surface area contributed by atoms with Crippen LogP contribution in [0.25, 0.3) is 0 Å². The van der Waals surface area contributed by atoms with Crippen LogP contribution in [0.4, 0.5) is 0 Å². The Labute approximate surface area is 89.0 Å². The first kappa shape index (κ1) is 9.25. The minimum atomic E-state index is 0.523. The molecule has 1 saturated heterocycles. The molecule has 0 aromatic rings. The summed E-state index contributed by atoms with van der Waals surface area (Å²) in [4.78, 5) is 2.59. The minimum Gasteiger partial charge on any atom is -0.292 e. The van der Waals surface area contributed by atoms with E-state index >= 15 is 0 Å². The van der Waals surface area contributed by atoms with Gasteiger partial charge in [0.2, 0.25) is 0 Å². The molecule has 70 valence electrons. The fourth-order valence-corrected chi connectivity index (χ4v) is 4.55. The van der Waals surface area contributed by atoms with Gasteiger partial charge in [-0.2, -0.15) is 0 Å². The van der Waals surface area contributed by atoms with Crippen LogP contribution in [-0.4, -0.2) is 22.0 Å². The van der Waals surface area contributed by atoms with Crippen molar-refractivity contribution in [1.82, 2.24) is 4.90 Å². The van der Waals surface area contributed by atoms with Crippen LogP contribution in [0.1, 0.15) is 32.6 Å². The highest BCUT2D eigenvalue weighted by atomic mass is 127. The van der Waals surface area contributed by atoms with Gasteiger partial charge in [-0.15, -0.1) is 0 Å². The van der Waals surface area contributed by atoms with E-state index in [9.17, 15) is 0 Å². The summed E-state index contributed by atoms with van der Waals surface area (Å²) in [6, 6.07) is 0. The molecule has 0 bridgehead atoms. The van der Waals surface area contributed by atoms with Crippen LogP contribution in [0.3, 0.4) is 0 Å². The molecular weight excluding hydrogens is 261 g/mol. The maximum absolute atomic E-state index is 2.71. The molecule has 2 rings (SSSR count). The van der Waals surface area contributed by atoms with E-state index < -0.39 is 0 Å². The van der Waals surface area contributed by atoms with Gasteiger partial charge >= 0.3 is 0 Å². The van der Waals surface area contributed by atoms with E-state index in [4.69, 9.17) is 0 Å². The number of hydrogen-bond donors (Lipinski definition) is 0. The predicted octanol–water partition coefficient (Wildman–Crippen LogP) is 2.89. The molecule has 0 spiro atoms. The van der Waals surface area contributed by atoms with Crippen molar-refractivity contribution in [2.75, 3.05) is 13.6 Å². The molecule has 1 nitrogen and oxygen atoms in total. The zero-order valence-electron chi connectivity index (χ0n) is 8.02. The van der Waals surface area contributed by atoms with Crippen LogP contribution < -0.4 is 0 Å². The van der Waals surface area contributed by atoms with Crippen LogP contribution in [-0.2, 0) is 0 Å². The first-order valence-corrected chi connectivity index (χ1v) is 6.12. The third-order valence-corrected chi connectivity index (χ3v) is 5.91. The fraction of sp³-hybridized carbons (Fsp3) is 1.00. The number of hydrogen-bond acceptors (Lipinski definition) is 1. The lowest BCUT2D eigenvalue weighted by molar-refractivity contribution is 0.191. The van der Waals surface area contributed by atoms with Gasteiger partial charge in [0.15, 0.2) is 0 Å². The molecule has 0 amide bonds. The molecule has 0 aromatic carbocycles. The zero-order valence-corrected chi connectivity index (χ0v) is 10.2. The second-order valence-electron chi connectivity index (χ2n) is 4.53. The van der Waals surface area contributed by atoms with Crippen molar-refractivity contribution in [3.8, 4) is 0 Å². The van der Waals surface area contributed by atoms with E-state index in [0.29, 0.717) is 3.55 Å². The largest absolute Gasteiger partial charge is 0.292 e. The SMILES string of the molecule is CC1CN(C)C2(I)CCCCC12. The summed E-state index contributed by atoms with van der Waals surface area (Å²) >= 11 is 2.71. The van der Waals surface area contributed by atoms with Gasteiger partial charge in [-0.1, -0.05) is 42.4 Å². The van der Waals surface area contributed by atoms with Crippen molar-refractivity contribution in [3.05, 3.63) is 0 Å². The average molecular weight is 279 g/mol. The molecule has 3 atom stereocenters. The number of alkyl halides is 1. The summed E-state index contributed by atoms with van der Waals surface area (Å²) in [5.74, 6) is 1.89. The Kier molecular flexibility index (Phi) is 2.41. The number of likely N-dealkylation sites (tertiary alicyclic amines) is 1. The topological polar surface area (TPSA) is 3.24 Å². The summed E-state index contributed by atoms with van der Waals surface area (Å²) in [5.41, 5.74) is 0. The Morgan fingerprint density at radius 2 is 2.17 bits per heavy atom. The van der Waals surface area contributed by atoms with Gasteiger partial charge < -0.3 is 0 Å². The lowest BCUT2D eigenvalue weighted by atomic mass is 9.80.